The van der Waals surface area contributed by atoms with Crippen molar-refractivity contribution in [3.8, 4) is 0 Å². The predicted octanol–water partition coefficient (Wildman–Crippen LogP) is 2.12. The summed E-state index contributed by atoms with van der Waals surface area (Å²) in [5, 5.41) is 3.36. The summed E-state index contributed by atoms with van der Waals surface area (Å²) < 4.78 is 0.910. The van der Waals surface area contributed by atoms with Crippen LogP contribution in [0.2, 0.25) is 4.34 Å². The number of nitrogens with zero attached hydrogens (tertiary/aromatic N) is 1. The van der Waals surface area contributed by atoms with Crippen LogP contribution in [0.1, 0.15) is 10.4 Å². The molecule has 2 nitrogen and oxygen atoms in total. The molecule has 4 heteroatoms. The molecule has 1 aliphatic heterocycles. The standard InChI is InChI=1S/C10H15ClN2S/c1-8-6-10(11)14-9(8)7-13-4-2-12-3-5-13/h6,12H,2-5,7H2,1H3. The van der Waals surface area contributed by atoms with Crippen LogP contribution in [0.15, 0.2) is 6.07 Å². The lowest BCUT2D eigenvalue weighted by atomic mass is 10.2. The van der Waals surface area contributed by atoms with Gasteiger partial charge >= 0.3 is 0 Å². The second-order valence-electron chi connectivity index (χ2n) is 3.68. The van der Waals surface area contributed by atoms with Gasteiger partial charge in [-0.2, -0.15) is 0 Å². The fourth-order valence-electron chi connectivity index (χ4n) is 1.71. The smallest absolute Gasteiger partial charge is 0.0934 e. The molecule has 78 valence electrons. The highest BCUT2D eigenvalue weighted by molar-refractivity contribution is 7.16. The Morgan fingerprint density at radius 2 is 2.21 bits per heavy atom. The van der Waals surface area contributed by atoms with Crippen molar-refractivity contribution in [3.05, 3.63) is 20.8 Å². The normalized spacial score (nSPS) is 18.7. The van der Waals surface area contributed by atoms with Crippen molar-refractivity contribution in [1.29, 1.82) is 0 Å². The number of thiophene rings is 1. The lowest BCUT2D eigenvalue weighted by Crippen LogP contribution is -2.42. The maximum absolute atomic E-state index is 5.97. The molecule has 0 unspecified atom stereocenters. The topological polar surface area (TPSA) is 15.3 Å². The van der Waals surface area contributed by atoms with Gasteiger partial charge in [0.1, 0.15) is 0 Å². The van der Waals surface area contributed by atoms with Gasteiger partial charge in [-0.25, -0.2) is 0 Å². The van der Waals surface area contributed by atoms with Crippen molar-refractivity contribution >= 4 is 22.9 Å². The second kappa shape index (κ2) is 4.62. The zero-order chi connectivity index (χ0) is 9.97. The van der Waals surface area contributed by atoms with Gasteiger partial charge in [0.2, 0.25) is 0 Å². The molecule has 0 radical (unpaired) electrons. The molecular weight excluding hydrogens is 216 g/mol. The van der Waals surface area contributed by atoms with E-state index in [0.29, 0.717) is 0 Å². The molecule has 1 aromatic heterocycles. The fraction of sp³-hybridized carbons (Fsp3) is 0.600. The Bertz CT molecular complexity index is 305. The molecule has 1 aromatic rings. The number of nitrogens with one attached hydrogen (secondary N) is 1. The van der Waals surface area contributed by atoms with E-state index in [1.165, 1.54) is 10.4 Å². The van der Waals surface area contributed by atoms with E-state index in [0.717, 1.165) is 37.1 Å². The number of rotatable bonds is 2. The molecule has 0 aliphatic carbocycles. The van der Waals surface area contributed by atoms with Crippen LogP contribution >= 0.6 is 22.9 Å². The average Bonchev–Trinajstić information content (AvgIpc) is 2.47. The lowest BCUT2D eigenvalue weighted by Gasteiger charge is -2.26. The minimum atomic E-state index is 0.910. The second-order valence-corrected chi connectivity index (χ2v) is 5.45. The number of hydrogen-bond donors (Lipinski definition) is 1. The van der Waals surface area contributed by atoms with E-state index in [9.17, 15) is 0 Å². The highest BCUT2D eigenvalue weighted by Gasteiger charge is 2.12. The Morgan fingerprint density at radius 3 is 2.79 bits per heavy atom. The zero-order valence-corrected chi connectivity index (χ0v) is 9.92. The van der Waals surface area contributed by atoms with Crippen LogP contribution in [0.5, 0.6) is 0 Å². The SMILES string of the molecule is Cc1cc(Cl)sc1CN1CCNCC1. The molecule has 1 N–H and O–H groups in total. The molecule has 0 bridgehead atoms. The monoisotopic (exact) mass is 230 g/mol. The average molecular weight is 231 g/mol. The maximum Gasteiger partial charge on any atom is 0.0934 e. The van der Waals surface area contributed by atoms with Crippen molar-refractivity contribution in [3.63, 3.8) is 0 Å². The first-order valence-electron chi connectivity index (χ1n) is 4.93. The summed E-state index contributed by atoms with van der Waals surface area (Å²) in [6.45, 7) is 7.71. The molecular formula is C10H15ClN2S. The first kappa shape index (κ1) is 10.4. The molecule has 1 aliphatic rings. The van der Waals surface area contributed by atoms with E-state index < -0.39 is 0 Å². The van der Waals surface area contributed by atoms with Crippen LogP contribution in [0.4, 0.5) is 0 Å². The van der Waals surface area contributed by atoms with Crippen LogP contribution in [-0.4, -0.2) is 31.1 Å². The summed E-state index contributed by atoms with van der Waals surface area (Å²) in [5.41, 5.74) is 1.33. The number of piperazine rings is 1. The Labute approximate surface area is 93.9 Å². The molecule has 2 rings (SSSR count). The third-order valence-corrected chi connectivity index (χ3v) is 3.92. The quantitative estimate of drug-likeness (QED) is 0.838. The van der Waals surface area contributed by atoms with Gasteiger partial charge in [-0.1, -0.05) is 11.6 Å². The summed E-state index contributed by atoms with van der Waals surface area (Å²) in [6, 6.07) is 2.06. The lowest BCUT2D eigenvalue weighted by molar-refractivity contribution is 0.235. The van der Waals surface area contributed by atoms with Crippen molar-refractivity contribution in [1.82, 2.24) is 10.2 Å². The molecule has 0 amide bonds. The predicted molar refractivity (Wildman–Crippen MR) is 62.2 cm³/mol. The molecule has 0 saturated carbocycles. The third-order valence-electron chi connectivity index (χ3n) is 2.57. The summed E-state index contributed by atoms with van der Waals surface area (Å²) in [5.74, 6) is 0. The maximum atomic E-state index is 5.97. The van der Waals surface area contributed by atoms with Crippen molar-refractivity contribution in [2.45, 2.75) is 13.5 Å². The van der Waals surface area contributed by atoms with Gasteiger partial charge in [0, 0.05) is 37.6 Å². The third kappa shape index (κ3) is 2.48. The van der Waals surface area contributed by atoms with Gasteiger partial charge in [0.25, 0.3) is 0 Å². The number of halogens is 1. The summed E-state index contributed by atoms with van der Waals surface area (Å²) in [7, 11) is 0. The minimum Gasteiger partial charge on any atom is -0.314 e. The van der Waals surface area contributed by atoms with E-state index in [2.05, 4.69) is 23.2 Å². The molecule has 0 atom stereocenters. The summed E-state index contributed by atoms with van der Waals surface area (Å²) in [4.78, 5) is 3.89. The Balaban J connectivity index is 1.98. The van der Waals surface area contributed by atoms with Gasteiger partial charge in [-0.3, -0.25) is 4.90 Å². The first-order chi connectivity index (χ1) is 6.75. The molecule has 0 spiro atoms. The zero-order valence-electron chi connectivity index (χ0n) is 8.35. The summed E-state index contributed by atoms with van der Waals surface area (Å²) in [6.07, 6.45) is 0. The fourth-order valence-corrected chi connectivity index (χ4v) is 3.09. The molecule has 0 aromatic carbocycles. The summed E-state index contributed by atoms with van der Waals surface area (Å²) >= 11 is 7.68. The van der Waals surface area contributed by atoms with Crippen molar-refractivity contribution < 1.29 is 0 Å². The van der Waals surface area contributed by atoms with E-state index in [-0.39, 0.29) is 0 Å². The Morgan fingerprint density at radius 1 is 1.50 bits per heavy atom. The van der Waals surface area contributed by atoms with E-state index in [4.69, 9.17) is 11.6 Å². The van der Waals surface area contributed by atoms with Crippen LogP contribution < -0.4 is 5.32 Å². The van der Waals surface area contributed by atoms with Crippen molar-refractivity contribution in [2.24, 2.45) is 0 Å². The van der Waals surface area contributed by atoms with E-state index in [1.807, 2.05) is 0 Å². The number of hydrogen-bond acceptors (Lipinski definition) is 3. The van der Waals surface area contributed by atoms with E-state index in [1.54, 1.807) is 11.3 Å². The van der Waals surface area contributed by atoms with Crippen LogP contribution in [0.25, 0.3) is 0 Å². The number of aryl methyl sites for hydroxylation is 1. The first-order valence-corrected chi connectivity index (χ1v) is 6.13. The van der Waals surface area contributed by atoms with Crippen molar-refractivity contribution in [2.75, 3.05) is 26.2 Å². The van der Waals surface area contributed by atoms with E-state index >= 15 is 0 Å². The van der Waals surface area contributed by atoms with Crippen LogP contribution in [0, 0.1) is 6.92 Å². The van der Waals surface area contributed by atoms with Crippen LogP contribution in [-0.2, 0) is 6.54 Å². The minimum absolute atomic E-state index is 0.910. The van der Waals surface area contributed by atoms with Gasteiger partial charge in [-0.05, 0) is 18.6 Å². The Hall–Kier alpha value is -0.0900. The molecule has 14 heavy (non-hydrogen) atoms. The largest absolute Gasteiger partial charge is 0.314 e. The molecule has 1 fully saturated rings. The van der Waals surface area contributed by atoms with Gasteiger partial charge in [0.15, 0.2) is 0 Å². The van der Waals surface area contributed by atoms with Crippen LogP contribution in [0.3, 0.4) is 0 Å². The van der Waals surface area contributed by atoms with Gasteiger partial charge in [0.05, 0.1) is 4.34 Å². The Kier molecular flexibility index (Phi) is 3.44. The molecule has 2 heterocycles. The molecule has 1 saturated heterocycles. The van der Waals surface area contributed by atoms with Gasteiger partial charge < -0.3 is 5.32 Å². The highest BCUT2D eigenvalue weighted by atomic mass is 35.5. The van der Waals surface area contributed by atoms with Gasteiger partial charge in [-0.15, -0.1) is 11.3 Å². The highest BCUT2D eigenvalue weighted by Crippen LogP contribution is 2.27.